The molecule has 2 aliphatic heterocycles. The summed E-state index contributed by atoms with van der Waals surface area (Å²) in [6, 6.07) is 6.30. The van der Waals surface area contributed by atoms with Crippen LogP contribution in [0.3, 0.4) is 0 Å². The lowest BCUT2D eigenvalue weighted by Gasteiger charge is -2.35. The van der Waals surface area contributed by atoms with E-state index in [2.05, 4.69) is 51.4 Å². The van der Waals surface area contributed by atoms with Gasteiger partial charge in [0.05, 0.1) is 11.4 Å². The molecule has 0 radical (unpaired) electrons. The van der Waals surface area contributed by atoms with Gasteiger partial charge in [-0.1, -0.05) is 23.9 Å². The SMILES string of the molecule is Cc1cccc(-n2ccnc2SCC(=O)N2CCN(CCN3CCCC3)CC2)c1C. The average molecular weight is 428 g/mol. The summed E-state index contributed by atoms with van der Waals surface area (Å²) in [5.41, 5.74) is 3.64. The predicted molar refractivity (Wildman–Crippen MR) is 122 cm³/mol. The van der Waals surface area contributed by atoms with E-state index in [1.54, 1.807) is 0 Å². The molecular weight excluding hydrogens is 394 g/mol. The van der Waals surface area contributed by atoms with Crippen LogP contribution in [0.25, 0.3) is 5.69 Å². The highest BCUT2D eigenvalue weighted by Gasteiger charge is 2.22. The molecule has 1 aromatic carbocycles. The van der Waals surface area contributed by atoms with E-state index in [1.165, 1.54) is 55.4 Å². The van der Waals surface area contributed by atoms with Gasteiger partial charge in [-0.3, -0.25) is 14.3 Å². The zero-order valence-corrected chi connectivity index (χ0v) is 19.0. The maximum atomic E-state index is 12.8. The number of amides is 1. The third-order valence-electron chi connectivity index (χ3n) is 6.42. The van der Waals surface area contributed by atoms with Crippen molar-refractivity contribution in [1.29, 1.82) is 0 Å². The molecule has 2 saturated heterocycles. The quantitative estimate of drug-likeness (QED) is 0.636. The Labute approximate surface area is 184 Å². The molecule has 162 valence electrons. The van der Waals surface area contributed by atoms with Crippen molar-refractivity contribution in [2.75, 3.05) is 58.1 Å². The van der Waals surface area contributed by atoms with Crippen LogP contribution in [-0.4, -0.2) is 88.3 Å². The molecule has 2 aromatic rings. The molecule has 0 spiro atoms. The van der Waals surface area contributed by atoms with Crippen LogP contribution in [0, 0.1) is 13.8 Å². The molecule has 7 heteroatoms. The summed E-state index contributed by atoms with van der Waals surface area (Å²) in [5, 5.41) is 0.876. The van der Waals surface area contributed by atoms with Crippen molar-refractivity contribution >= 4 is 17.7 Å². The van der Waals surface area contributed by atoms with Crippen LogP contribution in [0.2, 0.25) is 0 Å². The number of aryl methyl sites for hydroxylation is 1. The van der Waals surface area contributed by atoms with E-state index in [0.717, 1.165) is 43.6 Å². The summed E-state index contributed by atoms with van der Waals surface area (Å²) in [7, 11) is 0. The smallest absolute Gasteiger partial charge is 0.233 e. The van der Waals surface area contributed by atoms with Crippen molar-refractivity contribution in [2.45, 2.75) is 31.8 Å². The average Bonchev–Trinajstić information content (AvgIpc) is 3.45. The minimum Gasteiger partial charge on any atom is -0.339 e. The van der Waals surface area contributed by atoms with E-state index >= 15 is 0 Å². The highest BCUT2D eigenvalue weighted by Crippen LogP contribution is 2.24. The summed E-state index contributed by atoms with van der Waals surface area (Å²) in [6.07, 6.45) is 6.49. The number of hydrogen-bond donors (Lipinski definition) is 0. The second-order valence-corrected chi connectivity index (χ2v) is 9.30. The molecule has 30 heavy (non-hydrogen) atoms. The predicted octanol–water partition coefficient (Wildman–Crippen LogP) is 2.82. The fourth-order valence-corrected chi connectivity index (χ4v) is 5.17. The summed E-state index contributed by atoms with van der Waals surface area (Å²) in [4.78, 5) is 24.4. The van der Waals surface area contributed by atoms with Crippen LogP contribution in [-0.2, 0) is 4.79 Å². The Morgan fingerprint density at radius 2 is 1.70 bits per heavy atom. The zero-order valence-electron chi connectivity index (χ0n) is 18.2. The first-order chi connectivity index (χ1) is 14.6. The lowest BCUT2D eigenvalue weighted by atomic mass is 10.1. The molecule has 3 heterocycles. The van der Waals surface area contributed by atoms with Crippen molar-refractivity contribution < 1.29 is 4.79 Å². The van der Waals surface area contributed by atoms with Crippen molar-refractivity contribution in [3.05, 3.63) is 41.7 Å². The van der Waals surface area contributed by atoms with Gasteiger partial charge in [0.15, 0.2) is 5.16 Å². The Morgan fingerprint density at radius 3 is 2.43 bits per heavy atom. The number of nitrogens with zero attached hydrogens (tertiary/aromatic N) is 5. The van der Waals surface area contributed by atoms with Gasteiger partial charge in [0.1, 0.15) is 0 Å². The van der Waals surface area contributed by atoms with Crippen molar-refractivity contribution in [3.8, 4) is 5.69 Å². The number of piperazine rings is 1. The summed E-state index contributed by atoms with van der Waals surface area (Å²) >= 11 is 1.53. The Hall–Kier alpha value is -1.83. The molecule has 6 nitrogen and oxygen atoms in total. The Balaban J connectivity index is 1.26. The van der Waals surface area contributed by atoms with Crippen LogP contribution in [0.1, 0.15) is 24.0 Å². The van der Waals surface area contributed by atoms with Crippen LogP contribution in [0.15, 0.2) is 35.7 Å². The Bertz CT molecular complexity index is 853. The van der Waals surface area contributed by atoms with Crippen LogP contribution >= 0.6 is 11.8 Å². The highest BCUT2D eigenvalue weighted by molar-refractivity contribution is 7.99. The van der Waals surface area contributed by atoms with Gasteiger partial charge in [-0.25, -0.2) is 4.98 Å². The van der Waals surface area contributed by atoms with Gasteiger partial charge in [-0.2, -0.15) is 0 Å². The van der Waals surface area contributed by atoms with Gasteiger partial charge in [-0.15, -0.1) is 0 Å². The van der Waals surface area contributed by atoms with E-state index in [-0.39, 0.29) is 5.91 Å². The number of carbonyl (C=O) groups excluding carboxylic acids is 1. The van der Waals surface area contributed by atoms with E-state index in [9.17, 15) is 4.79 Å². The number of hydrogen-bond acceptors (Lipinski definition) is 5. The summed E-state index contributed by atoms with van der Waals surface area (Å²) in [6.45, 7) is 12.7. The first kappa shape index (κ1) is 21.4. The monoisotopic (exact) mass is 427 g/mol. The van der Waals surface area contributed by atoms with Gasteiger partial charge in [0.2, 0.25) is 5.91 Å². The molecule has 0 bridgehead atoms. The number of likely N-dealkylation sites (tertiary alicyclic amines) is 1. The molecule has 0 N–H and O–H groups in total. The first-order valence-electron chi connectivity index (χ1n) is 11.1. The summed E-state index contributed by atoms with van der Waals surface area (Å²) in [5.74, 6) is 0.657. The Morgan fingerprint density at radius 1 is 1.00 bits per heavy atom. The molecule has 1 amide bonds. The minimum atomic E-state index is 0.217. The maximum Gasteiger partial charge on any atom is 0.233 e. The number of imidazole rings is 1. The van der Waals surface area contributed by atoms with Crippen LogP contribution in [0.4, 0.5) is 0 Å². The molecular formula is C23H33N5OS. The first-order valence-corrected chi connectivity index (χ1v) is 12.1. The molecule has 0 unspecified atom stereocenters. The number of aromatic nitrogens is 2. The van der Waals surface area contributed by atoms with Gasteiger partial charge in [-0.05, 0) is 57.0 Å². The number of carbonyl (C=O) groups is 1. The molecule has 2 fully saturated rings. The van der Waals surface area contributed by atoms with Crippen LogP contribution < -0.4 is 0 Å². The lowest BCUT2D eigenvalue weighted by Crippen LogP contribution is -2.50. The topological polar surface area (TPSA) is 44.6 Å². The number of thioether (sulfide) groups is 1. The van der Waals surface area contributed by atoms with E-state index in [1.807, 2.05) is 17.3 Å². The van der Waals surface area contributed by atoms with Gasteiger partial charge < -0.3 is 9.80 Å². The third kappa shape index (κ3) is 5.07. The second kappa shape index (κ2) is 9.98. The van der Waals surface area contributed by atoms with E-state index in [0.29, 0.717) is 5.75 Å². The fraction of sp³-hybridized carbons (Fsp3) is 0.565. The minimum absolute atomic E-state index is 0.217. The van der Waals surface area contributed by atoms with Gasteiger partial charge >= 0.3 is 0 Å². The lowest BCUT2D eigenvalue weighted by molar-refractivity contribution is -0.130. The molecule has 0 atom stereocenters. The molecule has 2 aliphatic rings. The zero-order chi connectivity index (χ0) is 20.9. The maximum absolute atomic E-state index is 12.8. The van der Waals surface area contributed by atoms with Gasteiger partial charge in [0.25, 0.3) is 0 Å². The molecule has 1 aromatic heterocycles. The molecule has 0 saturated carbocycles. The van der Waals surface area contributed by atoms with E-state index < -0.39 is 0 Å². The van der Waals surface area contributed by atoms with E-state index in [4.69, 9.17) is 0 Å². The second-order valence-electron chi connectivity index (χ2n) is 8.36. The normalized spacial score (nSPS) is 18.3. The summed E-state index contributed by atoms with van der Waals surface area (Å²) < 4.78 is 2.09. The largest absolute Gasteiger partial charge is 0.339 e. The van der Waals surface area contributed by atoms with Crippen molar-refractivity contribution in [1.82, 2.24) is 24.3 Å². The standard InChI is InChI=1S/C23H33N5OS/c1-19-6-5-7-21(20(19)2)28-11-8-24-23(28)30-18-22(29)27-16-14-26(15-17-27)13-12-25-9-3-4-10-25/h5-8,11H,3-4,9-10,12-18H2,1-2H3. The number of benzene rings is 1. The fourth-order valence-electron chi connectivity index (χ4n) is 4.30. The molecule has 4 rings (SSSR count). The Kier molecular flexibility index (Phi) is 7.12. The van der Waals surface area contributed by atoms with Crippen molar-refractivity contribution in [3.63, 3.8) is 0 Å². The highest BCUT2D eigenvalue weighted by atomic mass is 32.2. The van der Waals surface area contributed by atoms with Crippen molar-refractivity contribution in [2.24, 2.45) is 0 Å². The molecule has 0 aliphatic carbocycles. The third-order valence-corrected chi connectivity index (χ3v) is 7.37. The van der Waals surface area contributed by atoms with Crippen LogP contribution in [0.5, 0.6) is 0 Å². The van der Waals surface area contributed by atoms with Gasteiger partial charge in [0, 0.05) is 51.7 Å². The number of rotatable bonds is 7.